The summed E-state index contributed by atoms with van der Waals surface area (Å²) in [7, 11) is -3.74. The number of pyridine rings is 1. The zero-order valence-electron chi connectivity index (χ0n) is 25.6. The first kappa shape index (κ1) is 31.3. The van der Waals surface area contributed by atoms with Gasteiger partial charge in [-0.25, -0.2) is 13.4 Å². The second-order valence-corrected chi connectivity index (χ2v) is 13.8. The summed E-state index contributed by atoms with van der Waals surface area (Å²) in [6.45, 7) is 5.69. The standard InChI is InChI=1S/C33H36N6O6S/c1-33(2,35-20-28(40)22-7-6-8-25(18-22)37-46(43,44)26-9-4-3-5-10-26)13-16-38-14-11-23-17-24(19-34-30(23)38)32(42)39-15-12-27-29(21-39)45-36-31(27)41/h3-11,14,17-19,28,35,37,40H,12-13,15-16,20-21H2,1-2H3,(H,36,41)/t28-/m0/s1. The molecular formula is C33H36N6O6S. The van der Waals surface area contributed by atoms with E-state index in [-0.39, 0.29) is 35.0 Å². The first-order valence-corrected chi connectivity index (χ1v) is 16.5. The molecule has 0 unspecified atom stereocenters. The monoisotopic (exact) mass is 644 g/mol. The molecule has 0 aliphatic carbocycles. The summed E-state index contributed by atoms with van der Waals surface area (Å²) in [6, 6.07) is 18.6. The van der Waals surface area contributed by atoms with Gasteiger partial charge in [0.2, 0.25) is 0 Å². The lowest BCUT2D eigenvalue weighted by Gasteiger charge is -2.28. The number of H-pyrrole nitrogens is 1. The molecule has 5 aromatic rings. The number of β-amino-alcohol motifs (C(OH)–C–C–N with tert-alkyl or cyclic N) is 1. The fraction of sp³-hybridized carbons (Fsp3) is 0.303. The smallest absolute Gasteiger partial charge is 0.283 e. The van der Waals surface area contributed by atoms with Crippen LogP contribution in [0.5, 0.6) is 0 Å². The van der Waals surface area contributed by atoms with E-state index in [4.69, 9.17) is 4.52 Å². The van der Waals surface area contributed by atoms with Gasteiger partial charge in [-0.15, -0.1) is 0 Å². The third-order valence-corrected chi connectivity index (χ3v) is 9.71. The minimum absolute atomic E-state index is 0.162. The van der Waals surface area contributed by atoms with Crippen LogP contribution in [0.25, 0.3) is 11.0 Å². The molecule has 1 aliphatic rings. The van der Waals surface area contributed by atoms with Crippen molar-refractivity contribution in [1.29, 1.82) is 0 Å². The van der Waals surface area contributed by atoms with E-state index in [1.54, 1.807) is 53.6 Å². The Labute approximate surface area is 266 Å². The number of amides is 1. The Morgan fingerprint density at radius 3 is 2.74 bits per heavy atom. The second kappa shape index (κ2) is 12.6. The molecule has 1 amide bonds. The van der Waals surface area contributed by atoms with Crippen LogP contribution in [-0.4, -0.2) is 57.7 Å². The van der Waals surface area contributed by atoms with Crippen LogP contribution in [-0.2, 0) is 29.5 Å². The number of aliphatic hydroxyl groups is 1. The van der Waals surface area contributed by atoms with Crippen molar-refractivity contribution >= 4 is 32.7 Å². The molecule has 3 aromatic heterocycles. The highest BCUT2D eigenvalue weighted by atomic mass is 32.2. The number of anilines is 1. The van der Waals surface area contributed by atoms with E-state index in [0.717, 1.165) is 17.5 Å². The number of nitrogens with one attached hydrogen (secondary N) is 3. The third-order valence-electron chi connectivity index (χ3n) is 8.31. The minimum Gasteiger partial charge on any atom is -0.387 e. The molecule has 6 rings (SSSR count). The van der Waals surface area contributed by atoms with E-state index in [0.29, 0.717) is 47.6 Å². The zero-order chi connectivity index (χ0) is 32.5. The summed E-state index contributed by atoms with van der Waals surface area (Å²) in [5.74, 6) is 0.327. The highest BCUT2D eigenvalue weighted by Crippen LogP contribution is 2.24. The van der Waals surface area contributed by atoms with Gasteiger partial charge < -0.3 is 24.4 Å². The van der Waals surface area contributed by atoms with E-state index in [9.17, 15) is 23.1 Å². The number of hydrogen-bond donors (Lipinski definition) is 4. The lowest BCUT2D eigenvalue weighted by Crippen LogP contribution is -2.42. The van der Waals surface area contributed by atoms with Gasteiger partial charge in [0.1, 0.15) is 5.65 Å². The van der Waals surface area contributed by atoms with Crippen LogP contribution < -0.4 is 15.6 Å². The van der Waals surface area contributed by atoms with Gasteiger partial charge in [-0.3, -0.25) is 14.3 Å². The van der Waals surface area contributed by atoms with Crippen LogP contribution in [0.2, 0.25) is 0 Å². The maximum atomic E-state index is 13.2. The minimum atomic E-state index is -3.74. The van der Waals surface area contributed by atoms with Crippen molar-refractivity contribution in [2.24, 2.45) is 0 Å². The number of carbonyl (C=O) groups excluding carboxylic acids is 1. The van der Waals surface area contributed by atoms with Gasteiger partial charge in [0.15, 0.2) is 5.76 Å². The average molecular weight is 645 g/mol. The highest BCUT2D eigenvalue weighted by Gasteiger charge is 2.27. The van der Waals surface area contributed by atoms with E-state index in [1.807, 2.05) is 22.9 Å². The summed E-state index contributed by atoms with van der Waals surface area (Å²) in [6.07, 6.45) is 3.84. The van der Waals surface area contributed by atoms with Crippen LogP contribution in [0.15, 0.2) is 93.3 Å². The molecule has 0 saturated heterocycles. The molecule has 0 radical (unpaired) electrons. The van der Waals surface area contributed by atoms with Gasteiger partial charge in [-0.1, -0.05) is 30.3 Å². The number of carbonyl (C=O) groups is 1. The molecule has 4 heterocycles. The molecule has 4 N–H and O–H groups in total. The van der Waals surface area contributed by atoms with Crippen LogP contribution in [0, 0.1) is 0 Å². The molecule has 0 saturated carbocycles. The average Bonchev–Trinajstić information content (AvgIpc) is 3.64. The maximum Gasteiger partial charge on any atom is 0.283 e. The van der Waals surface area contributed by atoms with Crippen molar-refractivity contribution in [3.63, 3.8) is 0 Å². The largest absolute Gasteiger partial charge is 0.387 e. The Kier molecular flexibility index (Phi) is 8.55. The number of aromatic amines is 1. The number of benzene rings is 2. The molecule has 46 heavy (non-hydrogen) atoms. The molecule has 240 valence electrons. The summed E-state index contributed by atoms with van der Waals surface area (Å²) >= 11 is 0. The number of sulfonamides is 1. The predicted molar refractivity (Wildman–Crippen MR) is 173 cm³/mol. The molecule has 12 nitrogen and oxygen atoms in total. The topological polar surface area (TPSA) is 163 Å². The zero-order valence-corrected chi connectivity index (χ0v) is 26.4. The number of fused-ring (bicyclic) bond motifs is 2. The SMILES string of the molecule is CC(C)(CCn1ccc2cc(C(=O)N3CCc4c(o[nH]c4=O)C3)cnc21)NC[C@H](O)c1cccc(NS(=O)(=O)c2ccccc2)c1. The summed E-state index contributed by atoms with van der Waals surface area (Å²) in [4.78, 5) is 31.4. The first-order valence-electron chi connectivity index (χ1n) is 15.0. The van der Waals surface area contributed by atoms with Gasteiger partial charge in [0.25, 0.3) is 21.5 Å². The molecule has 1 aliphatic heterocycles. The maximum absolute atomic E-state index is 13.2. The van der Waals surface area contributed by atoms with Crippen LogP contribution >= 0.6 is 0 Å². The quantitative estimate of drug-likeness (QED) is 0.169. The fourth-order valence-corrected chi connectivity index (χ4v) is 6.64. The first-order chi connectivity index (χ1) is 22.0. The van der Waals surface area contributed by atoms with Crippen molar-refractivity contribution < 1.29 is 22.8 Å². The summed E-state index contributed by atoms with van der Waals surface area (Å²) in [5, 5.41) is 17.5. The van der Waals surface area contributed by atoms with Crippen molar-refractivity contribution in [2.75, 3.05) is 17.8 Å². The van der Waals surface area contributed by atoms with E-state index >= 15 is 0 Å². The Morgan fingerprint density at radius 2 is 1.93 bits per heavy atom. The number of hydrogen-bond acceptors (Lipinski definition) is 8. The highest BCUT2D eigenvalue weighted by molar-refractivity contribution is 7.92. The van der Waals surface area contributed by atoms with Gasteiger partial charge in [0, 0.05) is 48.6 Å². The molecule has 0 spiro atoms. The number of aliphatic hydroxyl groups excluding tert-OH is 1. The lowest BCUT2D eigenvalue weighted by molar-refractivity contribution is 0.0715. The van der Waals surface area contributed by atoms with Crippen molar-refractivity contribution in [2.45, 2.75) is 56.3 Å². The van der Waals surface area contributed by atoms with Crippen molar-refractivity contribution in [3.8, 4) is 0 Å². The van der Waals surface area contributed by atoms with Gasteiger partial charge >= 0.3 is 0 Å². The Balaban J connectivity index is 1.04. The normalized spacial score (nSPS) is 14.3. The Hall–Kier alpha value is -4.72. The molecule has 13 heteroatoms. The van der Waals surface area contributed by atoms with E-state index in [1.165, 1.54) is 12.1 Å². The molecule has 0 fully saturated rings. The Morgan fingerprint density at radius 1 is 1.13 bits per heavy atom. The van der Waals surface area contributed by atoms with Crippen molar-refractivity contribution in [1.82, 2.24) is 24.9 Å². The second-order valence-electron chi connectivity index (χ2n) is 12.1. The van der Waals surface area contributed by atoms with Gasteiger partial charge in [-0.2, -0.15) is 5.16 Å². The number of nitrogens with zero attached hydrogens (tertiary/aromatic N) is 3. The number of aryl methyl sites for hydroxylation is 1. The Bertz CT molecular complexity index is 2030. The van der Waals surface area contributed by atoms with Crippen LogP contribution in [0.3, 0.4) is 0 Å². The fourth-order valence-electron chi connectivity index (χ4n) is 5.57. The summed E-state index contributed by atoms with van der Waals surface area (Å²) < 4.78 is 35.3. The molecule has 1 atom stereocenters. The van der Waals surface area contributed by atoms with E-state index < -0.39 is 16.1 Å². The molecular weight excluding hydrogens is 608 g/mol. The number of aromatic nitrogens is 3. The third kappa shape index (κ3) is 6.76. The molecule has 2 aromatic carbocycles. The molecule has 0 bridgehead atoms. The van der Waals surface area contributed by atoms with Gasteiger partial charge in [-0.05, 0) is 68.7 Å². The summed E-state index contributed by atoms with van der Waals surface area (Å²) in [5.41, 5.74) is 2.21. The van der Waals surface area contributed by atoms with Gasteiger partial charge in [0.05, 0.1) is 28.7 Å². The number of rotatable bonds is 11. The predicted octanol–water partition coefficient (Wildman–Crippen LogP) is 3.81. The van der Waals surface area contributed by atoms with Crippen molar-refractivity contribution in [3.05, 3.63) is 112 Å². The van der Waals surface area contributed by atoms with E-state index in [2.05, 4.69) is 34.0 Å². The lowest BCUT2D eigenvalue weighted by atomic mass is 9.99. The van der Waals surface area contributed by atoms with Crippen LogP contribution in [0.4, 0.5) is 5.69 Å². The van der Waals surface area contributed by atoms with Crippen LogP contribution in [0.1, 0.15) is 53.6 Å².